The summed E-state index contributed by atoms with van der Waals surface area (Å²) < 4.78 is 6.15. The zero-order valence-corrected chi connectivity index (χ0v) is 10.4. The smallest absolute Gasteiger partial charge is 0.339 e. The van der Waals surface area contributed by atoms with Crippen LogP contribution in [0.25, 0.3) is 0 Å². The minimum absolute atomic E-state index is 0.0153. The molecule has 1 rings (SSSR count). The third-order valence-electron chi connectivity index (χ3n) is 1.98. The molecule has 3 heteroatoms. The molecule has 76 valence electrons. The summed E-state index contributed by atoms with van der Waals surface area (Å²) in [5.41, 5.74) is 0.647. The van der Waals surface area contributed by atoms with Crippen molar-refractivity contribution in [1.29, 1.82) is 0 Å². The molecule has 0 amide bonds. The average Bonchev–Trinajstić information content (AvgIpc) is 2.18. The van der Waals surface area contributed by atoms with Gasteiger partial charge in [0.1, 0.15) is 0 Å². The normalized spacial score (nSPS) is 12.2. The lowest BCUT2D eigenvalue weighted by molar-refractivity contribution is 0.0333. The Morgan fingerprint density at radius 1 is 1.50 bits per heavy atom. The molecule has 0 aliphatic heterocycles. The van der Waals surface area contributed by atoms with E-state index in [1.165, 1.54) is 0 Å². The highest BCUT2D eigenvalue weighted by Crippen LogP contribution is 2.13. The number of hydrogen-bond acceptors (Lipinski definition) is 2. The van der Waals surface area contributed by atoms with E-state index >= 15 is 0 Å². The molecule has 0 heterocycles. The second-order valence-electron chi connectivity index (χ2n) is 3.10. The van der Waals surface area contributed by atoms with Gasteiger partial charge >= 0.3 is 5.97 Å². The summed E-state index contributed by atoms with van der Waals surface area (Å²) in [4.78, 5) is 11.6. The van der Waals surface area contributed by atoms with Crippen LogP contribution < -0.4 is 0 Å². The number of rotatable bonds is 3. The third-order valence-corrected chi connectivity index (χ3v) is 2.92. The van der Waals surface area contributed by atoms with Crippen molar-refractivity contribution in [3.8, 4) is 0 Å². The first-order valence-corrected chi connectivity index (χ1v) is 5.68. The lowest BCUT2D eigenvalue weighted by atomic mass is 10.2. The number of benzene rings is 1. The van der Waals surface area contributed by atoms with E-state index < -0.39 is 0 Å². The molecule has 1 atom stereocenters. The minimum Gasteiger partial charge on any atom is -0.459 e. The van der Waals surface area contributed by atoms with E-state index in [0.717, 1.165) is 9.99 Å². The van der Waals surface area contributed by atoms with Crippen LogP contribution in [0.5, 0.6) is 0 Å². The highest BCUT2D eigenvalue weighted by molar-refractivity contribution is 14.1. The Morgan fingerprint density at radius 3 is 2.71 bits per heavy atom. The number of carbonyl (C=O) groups excluding carboxylic acids is 1. The minimum atomic E-state index is -0.232. The van der Waals surface area contributed by atoms with E-state index in [9.17, 15) is 4.79 Å². The van der Waals surface area contributed by atoms with Crippen LogP contribution in [0.4, 0.5) is 0 Å². The van der Waals surface area contributed by atoms with Gasteiger partial charge in [0.15, 0.2) is 0 Å². The van der Waals surface area contributed by atoms with Crippen molar-refractivity contribution in [2.75, 3.05) is 0 Å². The van der Waals surface area contributed by atoms with Crippen LogP contribution in [-0.4, -0.2) is 12.1 Å². The summed E-state index contributed by atoms with van der Waals surface area (Å²) in [5.74, 6) is -0.232. The van der Waals surface area contributed by atoms with Crippen molar-refractivity contribution >= 4 is 28.6 Å². The van der Waals surface area contributed by atoms with E-state index in [2.05, 4.69) is 22.6 Å². The second-order valence-corrected chi connectivity index (χ2v) is 4.27. The maximum Gasteiger partial charge on any atom is 0.339 e. The van der Waals surface area contributed by atoms with Gasteiger partial charge in [0, 0.05) is 3.57 Å². The molecule has 0 fully saturated rings. The molecule has 0 bridgehead atoms. The molecule has 0 aliphatic carbocycles. The van der Waals surface area contributed by atoms with Gasteiger partial charge in [0.05, 0.1) is 11.7 Å². The Morgan fingerprint density at radius 2 is 2.14 bits per heavy atom. The Balaban J connectivity index is 2.75. The van der Waals surface area contributed by atoms with Crippen molar-refractivity contribution in [2.45, 2.75) is 26.4 Å². The summed E-state index contributed by atoms with van der Waals surface area (Å²) in [6.45, 7) is 3.89. The summed E-state index contributed by atoms with van der Waals surface area (Å²) in [6, 6.07) is 7.43. The molecule has 1 aromatic carbocycles. The summed E-state index contributed by atoms with van der Waals surface area (Å²) in [7, 11) is 0. The van der Waals surface area contributed by atoms with Gasteiger partial charge in [-0.05, 0) is 48.1 Å². The van der Waals surface area contributed by atoms with Crippen molar-refractivity contribution in [1.82, 2.24) is 0 Å². The standard InChI is InChI=1S/C11H13IO2/c1-3-8(2)14-11(13)9-6-4-5-7-10(9)12/h4-8H,3H2,1-2H3. The van der Waals surface area contributed by atoms with Crippen LogP contribution in [0.2, 0.25) is 0 Å². The zero-order chi connectivity index (χ0) is 10.6. The Kier molecular flexibility index (Phi) is 4.38. The molecule has 0 spiro atoms. The summed E-state index contributed by atoms with van der Waals surface area (Å²) in [6.07, 6.45) is 0.827. The van der Waals surface area contributed by atoms with E-state index in [4.69, 9.17) is 4.74 Å². The van der Waals surface area contributed by atoms with Gasteiger partial charge in [0.2, 0.25) is 0 Å². The van der Waals surface area contributed by atoms with Crippen LogP contribution in [-0.2, 0) is 4.74 Å². The van der Waals surface area contributed by atoms with E-state index in [-0.39, 0.29) is 12.1 Å². The lowest BCUT2D eigenvalue weighted by Gasteiger charge is -2.11. The zero-order valence-electron chi connectivity index (χ0n) is 8.29. The average molecular weight is 304 g/mol. The number of carbonyl (C=O) groups is 1. The fourth-order valence-corrected chi connectivity index (χ4v) is 1.56. The Hall–Kier alpha value is -0.580. The quantitative estimate of drug-likeness (QED) is 0.633. The maximum atomic E-state index is 11.6. The molecule has 0 aliphatic rings. The molecule has 2 nitrogen and oxygen atoms in total. The van der Waals surface area contributed by atoms with Crippen molar-refractivity contribution in [3.63, 3.8) is 0 Å². The fraction of sp³-hybridized carbons (Fsp3) is 0.364. The topological polar surface area (TPSA) is 26.3 Å². The Labute approximate surface area is 97.8 Å². The largest absolute Gasteiger partial charge is 0.459 e. The van der Waals surface area contributed by atoms with Crippen LogP contribution in [0.1, 0.15) is 30.6 Å². The molecular weight excluding hydrogens is 291 g/mol. The number of ether oxygens (including phenoxy) is 1. The summed E-state index contributed by atoms with van der Waals surface area (Å²) >= 11 is 2.13. The molecule has 0 aromatic heterocycles. The van der Waals surface area contributed by atoms with Crippen LogP contribution >= 0.6 is 22.6 Å². The first-order chi connectivity index (χ1) is 6.65. The number of hydrogen-bond donors (Lipinski definition) is 0. The molecule has 1 aromatic rings. The van der Waals surface area contributed by atoms with Gasteiger partial charge in [-0.3, -0.25) is 0 Å². The summed E-state index contributed by atoms with van der Waals surface area (Å²) in [5, 5.41) is 0. The molecule has 14 heavy (non-hydrogen) atoms. The van der Waals surface area contributed by atoms with Crippen molar-refractivity contribution in [2.24, 2.45) is 0 Å². The van der Waals surface area contributed by atoms with Crippen molar-refractivity contribution < 1.29 is 9.53 Å². The van der Waals surface area contributed by atoms with Gasteiger partial charge < -0.3 is 4.74 Å². The monoisotopic (exact) mass is 304 g/mol. The van der Waals surface area contributed by atoms with Gasteiger partial charge in [-0.15, -0.1) is 0 Å². The van der Waals surface area contributed by atoms with E-state index in [1.807, 2.05) is 32.0 Å². The van der Waals surface area contributed by atoms with Gasteiger partial charge in [-0.1, -0.05) is 19.1 Å². The number of halogens is 1. The Bertz CT molecular complexity index is 323. The highest BCUT2D eigenvalue weighted by Gasteiger charge is 2.12. The van der Waals surface area contributed by atoms with Crippen LogP contribution in [0, 0.1) is 3.57 Å². The third kappa shape index (κ3) is 2.97. The van der Waals surface area contributed by atoms with Crippen LogP contribution in [0.3, 0.4) is 0 Å². The molecule has 0 N–H and O–H groups in total. The molecule has 1 unspecified atom stereocenters. The van der Waals surface area contributed by atoms with Crippen LogP contribution in [0.15, 0.2) is 24.3 Å². The van der Waals surface area contributed by atoms with Gasteiger partial charge in [-0.25, -0.2) is 4.79 Å². The molecule has 0 radical (unpaired) electrons. The first kappa shape index (κ1) is 11.5. The predicted molar refractivity (Wildman–Crippen MR) is 64.3 cm³/mol. The van der Waals surface area contributed by atoms with E-state index in [1.54, 1.807) is 6.07 Å². The second kappa shape index (κ2) is 5.34. The highest BCUT2D eigenvalue weighted by atomic mass is 127. The SMILES string of the molecule is CCC(C)OC(=O)c1ccccc1I. The molecule has 0 saturated heterocycles. The number of esters is 1. The fourth-order valence-electron chi connectivity index (χ4n) is 0.956. The first-order valence-electron chi connectivity index (χ1n) is 4.60. The van der Waals surface area contributed by atoms with Gasteiger partial charge in [-0.2, -0.15) is 0 Å². The lowest BCUT2D eigenvalue weighted by Crippen LogP contribution is -2.14. The predicted octanol–water partition coefficient (Wildman–Crippen LogP) is 3.25. The van der Waals surface area contributed by atoms with Crippen molar-refractivity contribution in [3.05, 3.63) is 33.4 Å². The van der Waals surface area contributed by atoms with Gasteiger partial charge in [0.25, 0.3) is 0 Å². The van der Waals surface area contributed by atoms with E-state index in [0.29, 0.717) is 5.56 Å². The molecular formula is C11H13IO2. The molecule has 0 saturated carbocycles. The maximum absolute atomic E-state index is 11.6.